The molecule has 1 saturated carbocycles. The van der Waals surface area contributed by atoms with Crippen molar-refractivity contribution in [2.24, 2.45) is 5.92 Å². The van der Waals surface area contributed by atoms with Gasteiger partial charge in [0.05, 0.1) is 12.6 Å². The van der Waals surface area contributed by atoms with E-state index in [2.05, 4.69) is 5.32 Å². The van der Waals surface area contributed by atoms with Crippen molar-refractivity contribution in [1.29, 1.82) is 0 Å². The average Bonchev–Trinajstić information content (AvgIpc) is 3.14. The molecule has 1 aliphatic heterocycles. The highest BCUT2D eigenvalue weighted by atomic mass is 16.5. The number of nitrogens with one attached hydrogen (secondary N) is 1. The Morgan fingerprint density at radius 1 is 1.29 bits per heavy atom. The van der Waals surface area contributed by atoms with Crippen molar-refractivity contribution >= 4 is 11.8 Å². The molecule has 0 unspecified atom stereocenters. The minimum absolute atomic E-state index is 0.0167. The molecule has 1 aliphatic carbocycles. The number of carbonyl (C=O) groups excluding carboxylic acids is 2. The quantitative estimate of drug-likeness (QED) is 0.813. The van der Waals surface area contributed by atoms with Crippen molar-refractivity contribution in [3.8, 4) is 5.75 Å². The monoisotopic (exact) mass is 332 g/mol. The molecule has 1 saturated heterocycles. The van der Waals surface area contributed by atoms with Crippen LogP contribution in [0.4, 0.5) is 0 Å². The van der Waals surface area contributed by atoms with Gasteiger partial charge in [-0.2, -0.15) is 0 Å². The first-order valence-corrected chi connectivity index (χ1v) is 8.58. The van der Waals surface area contributed by atoms with Crippen molar-refractivity contribution in [3.63, 3.8) is 0 Å². The molecule has 6 nitrogen and oxygen atoms in total. The molecule has 24 heavy (non-hydrogen) atoms. The van der Waals surface area contributed by atoms with Gasteiger partial charge in [0, 0.05) is 25.4 Å². The van der Waals surface area contributed by atoms with Crippen LogP contribution in [-0.2, 0) is 9.59 Å². The fourth-order valence-electron chi connectivity index (χ4n) is 3.39. The molecule has 3 rings (SSSR count). The number of aliphatic hydroxyl groups is 1. The third kappa shape index (κ3) is 4.06. The number of hydrogen-bond donors (Lipinski definition) is 2. The first kappa shape index (κ1) is 16.8. The van der Waals surface area contributed by atoms with Crippen LogP contribution in [-0.4, -0.2) is 53.7 Å². The van der Waals surface area contributed by atoms with E-state index in [0.717, 1.165) is 25.0 Å². The zero-order valence-electron chi connectivity index (χ0n) is 13.7. The molecule has 0 aromatic heterocycles. The minimum Gasteiger partial charge on any atom is -0.488 e. The molecule has 0 spiro atoms. The normalized spacial score (nSPS) is 26.6. The van der Waals surface area contributed by atoms with Crippen LogP contribution in [0.1, 0.15) is 25.7 Å². The average molecular weight is 332 g/mol. The molecule has 2 amide bonds. The largest absolute Gasteiger partial charge is 0.488 e. The van der Waals surface area contributed by atoms with E-state index in [9.17, 15) is 14.7 Å². The van der Waals surface area contributed by atoms with Gasteiger partial charge in [-0.15, -0.1) is 0 Å². The van der Waals surface area contributed by atoms with Gasteiger partial charge in [-0.25, -0.2) is 0 Å². The number of rotatable bonds is 6. The van der Waals surface area contributed by atoms with Crippen LogP contribution in [0.2, 0.25) is 0 Å². The Kier molecular flexibility index (Phi) is 5.35. The second-order valence-corrected chi connectivity index (χ2v) is 6.52. The number of ether oxygens (including phenoxy) is 1. The maximum absolute atomic E-state index is 12.0. The summed E-state index contributed by atoms with van der Waals surface area (Å²) in [6.07, 6.45) is 2.09. The summed E-state index contributed by atoms with van der Waals surface area (Å²) in [6.45, 7) is 1.19. The zero-order chi connectivity index (χ0) is 16.9. The third-order valence-electron chi connectivity index (χ3n) is 4.78. The van der Waals surface area contributed by atoms with Gasteiger partial charge in [0.1, 0.15) is 11.9 Å². The summed E-state index contributed by atoms with van der Waals surface area (Å²) in [6, 6.07) is 9.45. The van der Waals surface area contributed by atoms with E-state index < -0.39 is 6.10 Å². The fourth-order valence-corrected chi connectivity index (χ4v) is 3.39. The number of para-hydroxylation sites is 1. The van der Waals surface area contributed by atoms with Crippen LogP contribution in [0.5, 0.6) is 5.75 Å². The summed E-state index contributed by atoms with van der Waals surface area (Å²) in [5.74, 6) is 0.614. The van der Waals surface area contributed by atoms with Gasteiger partial charge >= 0.3 is 0 Å². The van der Waals surface area contributed by atoms with Gasteiger partial charge in [0.2, 0.25) is 11.8 Å². The molecular weight excluding hydrogens is 308 g/mol. The van der Waals surface area contributed by atoms with Crippen LogP contribution in [0.25, 0.3) is 0 Å². The van der Waals surface area contributed by atoms with Crippen molar-refractivity contribution in [2.45, 2.75) is 37.9 Å². The van der Waals surface area contributed by atoms with E-state index in [4.69, 9.17) is 4.74 Å². The summed E-state index contributed by atoms with van der Waals surface area (Å²) in [7, 11) is 0. The first-order valence-electron chi connectivity index (χ1n) is 8.58. The second kappa shape index (κ2) is 7.66. The molecule has 2 aliphatic rings. The smallest absolute Gasteiger partial charge is 0.239 e. The Labute approximate surface area is 141 Å². The maximum Gasteiger partial charge on any atom is 0.239 e. The highest BCUT2D eigenvalue weighted by Crippen LogP contribution is 2.29. The Bertz CT molecular complexity index is 578. The van der Waals surface area contributed by atoms with Crippen LogP contribution in [0, 0.1) is 5.92 Å². The summed E-state index contributed by atoms with van der Waals surface area (Å²) in [5, 5.41) is 13.2. The van der Waals surface area contributed by atoms with Crippen molar-refractivity contribution < 1.29 is 19.4 Å². The summed E-state index contributed by atoms with van der Waals surface area (Å²) in [5.41, 5.74) is 0. The van der Waals surface area contributed by atoms with Gasteiger partial charge in [0.15, 0.2) is 0 Å². The molecule has 0 radical (unpaired) electrons. The van der Waals surface area contributed by atoms with Gasteiger partial charge in [-0.3, -0.25) is 9.59 Å². The number of amides is 2. The van der Waals surface area contributed by atoms with E-state index in [1.165, 1.54) is 0 Å². The SMILES string of the molecule is O=C(CN1CCCC1=O)NC[C@H]1CC[C@@H](Oc2ccccc2)[C@@H]1O. The molecule has 2 N–H and O–H groups in total. The van der Waals surface area contributed by atoms with Crippen molar-refractivity contribution in [1.82, 2.24) is 10.2 Å². The Morgan fingerprint density at radius 3 is 2.79 bits per heavy atom. The molecule has 3 atom stereocenters. The van der Waals surface area contributed by atoms with E-state index in [-0.39, 0.29) is 30.4 Å². The standard InChI is InChI=1S/C18H24N2O4/c21-16(12-20-10-4-7-17(20)22)19-11-13-8-9-15(18(13)23)24-14-5-2-1-3-6-14/h1-3,5-6,13,15,18,23H,4,7-12H2,(H,19,21)/t13-,15-,18-/m1/s1. The van der Waals surface area contributed by atoms with Crippen molar-refractivity contribution in [2.75, 3.05) is 19.6 Å². The lowest BCUT2D eigenvalue weighted by Gasteiger charge is -2.22. The van der Waals surface area contributed by atoms with Gasteiger partial charge in [-0.05, 0) is 31.4 Å². The predicted octanol–water partition coefficient (Wildman–Crippen LogP) is 0.943. The fraction of sp³-hybridized carbons (Fsp3) is 0.556. The van der Waals surface area contributed by atoms with Gasteiger partial charge in [-0.1, -0.05) is 18.2 Å². The Hall–Kier alpha value is -2.08. The lowest BCUT2D eigenvalue weighted by Crippen LogP contribution is -2.42. The maximum atomic E-state index is 12.0. The summed E-state index contributed by atoms with van der Waals surface area (Å²) >= 11 is 0. The number of hydrogen-bond acceptors (Lipinski definition) is 4. The lowest BCUT2D eigenvalue weighted by molar-refractivity contribution is -0.133. The third-order valence-corrected chi connectivity index (χ3v) is 4.78. The van der Waals surface area contributed by atoms with Gasteiger partial charge in [0.25, 0.3) is 0 Å². The molecule has 2 fully saturated rings. The molecule has 1 heterocycles. The van der Waals surface area contributed by atoms with Crippen LogP contribution < -0.4 is 10.1 Å². The van der Waals surface area contributed by atoms with E-state index in [0.29, 0.717) is 19.5 Å². The number of aliphatic hydroxyl groups excluding tert-OH is 1. The second-order valence-electron chi connectivity index (χ2n) is 6.52. The van der Waals surface area contributed by atoms with Crippen LogP contribution >= 0.6 is 0 Å². The molecule has 1 aromatic rings. The van der Waals surface area contributed by atoms with E-state index in [1.54, 1.807) is 4.90 Å². The summed E-state index contributed by atoms with van der Waals surface area (Å²) in [4.78, 5) is 25.1. The van der Waals surface area contributed by atoms with E-state index in [1.807, 2.05) is 30.3 Å². The minimum atomic E-state index is -0.598. The highest BCUT2D eigenvalue weighted by molar-refractivity contribution is 5.85. The molecular formula is C18H24N2O4. The van der Waals surface area contributed by atoms with Crippen LogP contribution in [0.3, 0.4) is 0 Å². The Balaban J connectivity index is 1.43. The lowest BCUT2D eigenvalue weighted by atomic mass is 10.1. The molecule has 1 aromatic carbocycles. The number of nitrogens with zero attached hydrogens (tertiary/aromatic N) is 1. The van der Waals surface area contributed by atoms with Crippen molar-refractivity contribution in [3.05, 3.63) is 30.3 Å². The number of benzene rings is 1. The number of likely N-dealkylation sites (tertiary alicyclic amines) is 1. The zero-order valence-corrected chi connectivity index (χ0v) is 13.7. The van der Waals surface area contributed by atoms with Crippen LogP contribution in [0.15, 0.2) is 30.3 Å². The number of carbonyl (C=O) groups is 2. The highest BCUT2D eigenvalue weighted by Gasteiger charge is 2.36. The Morgan fingerprint density at radius 2 is 2.08 bits per heavy atom. The predicted molar refractivity (Wildman–Crippen MR) is 88.4 cm³/mol. The molecule has 0 bridgehead atoms. The van der Waals surface area contributed by atoms with E-state index >= 15 is 0 Å². The summed E-state index contributed by atoms with van der Waals surface area (Å²) < 4.78 is 5.83. The van der Waals surface area contributed by atoms with Gasteiger partial charge < -0.3 is 20.1 Å². The molecule has 130 valence electrons. The first-order chi connectivity index (χ1) is 11.6. The molecule has 6 heteroatoms. The topological polar surface area (TPSA) is 78.9 Å².